The summed E-state index contributed by atoms with van der Waals surface area (Å²) in [4.78, 5) is 12.6. The van der Waals surface area contributed by atoms with Crippen molar-refractivity contribution in [2.75, 3.05) is 13.1 Å². The summed E-state index contributed by atoms with van der Waals surface area (Å²) in [5.41, 5.74) is 6.32. The van der Waals surface area contributed by atoms with Crippen molar-refractivity contribution >= 4 is 18.1 Å². The van der Waals surface area contributed by atoms with Crippen LogP contribution in [-0.2, 0) is 6.54 Å². The molecule has 0 aliphatic carbocycles. The van der Waals surface area contributed by atoms with Crippen LogP contribution in [0, 0.1) is 21.8 Å². The Labute approximate surface area is 129 Å². The average molecular weight is 318 g/mol. The van der Waals surface area contributed by atoms with E-state index in [1.807, 2.05) is 6.92 Å². The molecule has 1 atom stereocenters. The number of nitrogens with zero attached hydrogens (tertiary/aromatic N) is 2. The Morgan fingerprint density at radius 3 is 2.62 bits per heavy atom. The van der Waals surface area contributed by atoms with E-state index in [0.29, 0.717) is 18.0 Å². The van der Waals surface area contributed by atoms with Crippen LogP contribution >= 0.6 is 12.4 Å². The summed E-state index contributed by atoms with van der Waals surface area (Å²) in [7, 11) is 0. The first kappa shape index (κ1) is 17.8. The maximum Gasteiger partial charge on any atom is 0.274 e. The zero-order chi connectivity index (χ0) is 14.7. The molecule has 1 fully saturated rings. The lowest BCUT2D eigenvalue weighted by molar-refractivity contribution is -0.385. The van der Waals surface area contributed by atoms with Gasteiger partial charge in [-0.15, -0.1) is 12.4 Å². The first-order chi connectivity index (χ1) is 9.47. The van der Waals surface area contributed by atoms with Gasteiger partial charge in [0.05, 0.1) is 4.92 Å². The molecule has 0 saturated carbocycles. The van der Waals surface area contributed by atoms with Gasteiger partial charge in [0, 0.05) is 24.2 Å². The molecular weight excluding hydrogens is 297 g/mol. The SMILES string of the molecule is CC(N)C1CCN(Cc2cc(F)ccc2[N+](=O)[O-])CC1.Cl. The molecule has 0 bridgehead atoms. The van der Waals surface area contributed by atoms with Gasteiger partial charge in [-0.1, -0.05) is 0 Å². The van der Waals surface area contributed by atoms with Crippen LogP contribution in [0.2, 0.25) is 0 Å². The number of likely N-dealkylation sites (tertiary alicyclic amines) is 1. The number of halogens is 2. The van der Waals surface area contributed by atoms with Crippen LogP contribution in [0.5, 0.6) is 0 Å². The van der Waals surface area contributed by atoms with Crippen molar-refractivity contribution in [3.05, 3.63) is 39.7 Å². The lowest BCUT2D eigenvalue weighted by atomic mass is 9.91. The second-order valence-electron chi connectivity index (χ2n) is 5.50. The molecule has 1 aliphatic rings. The van der Waals surface area contributed by atoms with Crippen molar-refractivity contribution in [3.8, 4) is 0 Å². The zero-order valence-electron chi connectivity index (χ0n) is 12.0. The molecule has 1 aliphatic heterocycles. The maximum absolute atomic E-state index is 13.3. The number of piperidine rings is 1. The van der Waals surface area contributed by atoms with Crippen LogP contribution in [0.4, 0.5) is 10.1 Å². The second kappa shape index (κ2) is 7.68. The van der Waals surface area contributed by atoms with E-state index in [2.05, 4.69) is 4.90 Å². The van der Waals surface area contributed by atoms with Gasteiger partial charge in [-0.3, -0.25) is 15.0 Å². The number of rotatable bonds is 4. The molecule has 118 valence electrons. The molecule has 1 heterocycles. The van der Waals surface area contributed by atoms with Crippen LogP contribution in [0.1, 0.15) is 25.3 Å². The number of benzene rings is 1. The van der Waals surface area contributed by atoms with E-state index in [4.69, 9.17) is 5.73 Å². The quantitative estimate of drug-likeness (QED) is 0.684. The Kier molecular flexibility index (Phi) is 6.51. The van der Waals surface area contributed by atoms with Gasteiger partial charge in [0.25, 0.3) is 5.69 Å². The molecule has 21 heavy (non-hydrogen) atoms. The summed E-state index contributed by atoms with van der Waals surface area (Å²) in [6.45, 7) is 4.12. The summed E-state index contributed by atoms with van der Waals surface area (Å²) < 4.78 is 13.3. The summed E-state index contributed by atoms with van der Waals surface area (Å²) in [6.07, 6.45) is 1.97. The highest BCUT2D eigenvalue weighted by atomic mass is 35.5. The van der Waals surface area contributed by atoms with Crippen LogP contribution in [-0.4, -0.2) is 29.0 Å². The van der Waals surface area contributed by atoms with E-state index in [1.165, 1.54) is 12.1 Å². The van der Waals surface area contributed by atoms with Crippen LogP contribution < -0.4 is 5.73 Å². The highest BCUT2D eigenvalue weighted by molar-refractivity contribution is 5.85. The maximum atomic E-state index is 13.3. The third-order valence-electron chi connectivity index (χ3n) is 4.01. The second-order valence-corrected chi connectivity index (χ2v) is 5.50. The lowest BCUT2D eigenvalue weighted by Gasteiger charge is -2.33. The van der Waals surface area contributed by atoms with E-state index in [0.717, 1.165) is 32.0 Å². The van der Waals surface area contributed by atoms with Crippen LogP contribution in [0.15, 0.2) is 18.2 Å². The molecule has 1 aromatic carbocycles. The summed E-state index contributed by atoms with van der Waals surface area (Å²) in [5, 5.41) is 11.0. The van der Waals surface area contributed by atoms with Crippen LogP contribution in [0.3, 0.4) is 0 Å². The minimum Gasteiger partial charge on any atom is -0.328 e. The molecular formula is C14H21ClFN3O2. The van der Waals surface area contributed by atoms with E-state index in [9.17, 15) is 14.5 Å². The monoisotopic (exact) mass is 317 g/mol. The molecule has 7 heteroatoms. The summed E-state index contributed by atoms with van der Waals surface area (Å²) in [6, 6.07) is 3.81. The fraction of sp³-hybridized carbons (Fsp3) is 0.571. The fourth-order valence-electron chi connectivity index (χ4n) is 2.74. The molecule has 1 unspecified atom stereocenters. The standard InChI is InChI=1S/C14H20FN3O2.ClH/c1-10(16)11-4-6-17(7-5-11)9-12-8-13(15)2-3-14(12)18(19)20;/h2-3,8,10-11H,4-7,9,16H2,1H3;1H. The molecule has 0 radical (unpaired) electrons. The van der Waals surface area contributed by atoms with Crippen molar-refractivity contribution in [2.24, 2.45) is 11.7 Å². The van der Waals surface area contributed by atoms with Gasteiger partial charge in [0.1, 0.15) is 5.82 Å². The summed E-state index contributed by atoms with van der Waals surface area (Å²) in [5.74, 6) is 0.0739. The van der Waals surface area contributed by atoms with Crippen molar-refractivity contribution in [1.82, 2.24) is 4.90 Å². The lowest BCUT2D eigenvalue weighted by Crippen LogP contribution is -2.39. The average Bonchev–Trinajstić information content (AvgIpc) is 2.39. The van der Waals surface area contributed by atoms with E-state index < -0.39 is 10.7 Å². The van der Waals surface area contributed by atoms with Crippen molar-refractivity contribution in [3.63, 3.8) is 0 Å². The Morgan fingerprint density at radius 1 is 1.48 bits per heavy atom. The minimum absolute atomic E-state index is 0. The normalized spacial score (nSPS) is 18.0. The van der Waals surface area contributed by atoms with Gasteiger partial charge in [-0.05, 0) is 50.9 Å². The molecule has 1 aromatic rings. The predicted molar refractivity (Wildman–Crippen MR) is 82.0 cm³/mol. The molecule has 0 amide bonds. The Morgan fingerprint density at radius 2 is 2.10 bits per heavy atom. The smallest absolute Gasteiger partial charge is 0.274 e. The number of hydrogen-bond donors (Lipinski definition) is 1. The van der Waals surface area contributed by atoms with E-state index in [1.54, 1.807) is 0 Å². The molecule has 5 nitrogen and oxygen atoms in total. The van der Waals surface area contributed by atoms with E-state index in [-0.39, 0.29) is 24.1 Å². The van der Waals surface area contributed by atoms with Gasteiger partial charge in [0.2, 0.25) is 0 Å². The van der Waals surface area contributed by atoms with Gasteiger partial charge in [-0.25, -0.2) is 4.39 Å². The fourth-order valence-corrected chi connectivity index (χ4v) is 2.74. The molecule has 1 saturated heterocycles. The first-order valence-electron chi connectivity index (χ1n) is 6.88. The first-order valence-corrected chi connectivity index (χ1v) is 6.88. The third-order valence-corrected chi connectivity index (χ3v) is 4.01. The number of nitrogens with two attached hydrogens (primary N) is 1. The minimum atomic E-state index is -0.455. The molecule has 0 aromatic heterocycles. The Bertz CT molecular complexity index is 491. The van der Waals surface area contributed by atoms with Crippen molar-refractivity contribution in [2.45, 2.75) is 32.4 Å². The van der Waals surface area contributed by atoms with Gasteiger partial charge in [0.15, 0.2) is 0 Å². The molecule has 0 spiro atoms. The summed E-state index contributed by atoms with van der Waals surface area (Å²) >= 11 is 0. The zero-order valence-corrected chi connectivity index (χ0v) is 12.8. The van der Waals surface area contributed by atoms with Crippen LogP contribution in [0.25, 0.3) is 0 Å². The van der Waals surface area contributed by atoms with E-state index >= 15 is 0 Å². The third kappa shape index (κ3) is 4.62. The number of hydrogen-bond acceptors (Lipinski definition) is 4. The van der Waals surface area contributed by atoms with Gasteiger partial charge >= 0.3 is 0 Å². The highest BCUT2D eigenvalue weighted by Gasteiger charge is 2.24. The predicted octanol–water partition coefficient (Wildman–Crippen LogP) is 2.71. The van der Waals surface area contributed by atoms with Crippen molar-refractivity contribution < 1.29 is 9.31 Å². The van der Waals surface area contributed by atoms with Crippen molar-refractivity contribution in [1.29, 1.82) is 0 Å². The highest BCUT2D eigenvalue weighted by Crippen LogP contribution is 2.25. The number of nitro groups is 1. The van der Waals surface area contributed by atoms with Gasteiger partial charge < -0.3 is 5.73 Å². The Balaban J connectivity index is 0.00000220. The largest absolute Gasteiger partial charge is 0.328 e. The van der Waals surface area contributed by atoms with Gasteiger partial charge in [-0.2, -0.15) is 0 Å². The molecule has 2 rings (SSSR count). The number of nitro benzene ring substituents is 1. The Hall–Kier alpha value is -1.24. The molecule has 2 N–H and O–H groups in total. The topological polar surface area (TPSA) is 72.4 Å².